The second-order valence-corrected chi connectivity index (χ2v) is 9.42. The van der Waals surface area contributed by atoms with E-state index in [0.717, 1.165) is 5.69 Å². The summed E-state index contributed by atoms with van der Waals surface area (Å²) >= 11 is 0. The molecule has 4 aromatic rings. The highest BCUT2D eigenvalue weighted by atomic mass is 14.9. The Labute approximate surface area is 185 Å². The van der Waals surface area contributed by atoms with Crippen molar-refractivity contribution in [1.29, 1.82) is 0 Å². The van der Waals surface area contributed by atoms with Crippen molar-refractivity contribution >= 4 is 0 Å². The van der Waals surface area contributed by atoms with E-state index in [1.807, 2.05) is 0 Å². The van der Waals surface area contributed by atoms with Crippen LogP contribution in [0.4, 0.5) is 0 Å². The summed E-state index contributed by atoms with van der Waals surface area (Å²) in [6.45, 7) is 11.1. The van der Waals surface area contributed by atoms with Crippen molar-refractivity contribution in [3.05, 3.63) is 94.9 Å². The average molecular weight is 406 g/mol. The summed E-state index contributed by atoms with van der Waals surface area (Å²) in [7, 11) is 2.15. The fourth-order valence-electron chi connectivity index (χ4n) is 5.04. The SMILES string of the molecule is Cc1ccc2c(n1)C(C)(C)c1cc(C)c(-c3cc(C)c(-c4ccccc4)c[n+]3C)cc1-2. The number of benzene rings is 2. The first-order chi connectivity index (χ1) is 14.8. The smallest absolute Gasteiger partial charge is 0.212 e. The molecule has 0 spiro atoms. The average Bonchev–Trinajstić information content (AvgIpc) is 2.96. The maximum absolute atomic E-state index is 4.92. The Morgan fingerprint density at radius 2 is 1.45 bits per heavy atom. The molecule has 0 amide bonds. The van der Waals surface area contributed by atoms with Crippen molar-refractivity contribution in [2.24, 2.45) is 7.05 Å². The van der Waals surface area contributed by atoms with Gasteiger partial charge in [-0.1, -0.05) is 56.3 Å². The molecule has 0 fully saturated rings. The minimum absolute atomic E-state index is 0.0742. The molecular weight excluding hydrogens is 376 g/mol. The number of hydrogen-bond acceptors (Lipinski definition) is 1. The van der Waals surface area contributed by atoms with Gasteiger partial charge in [0.2, 0.25) is 5.69 Å². The van der Waals surface area contributed by atoms with Crippen molar-refractivity contribution in [1.82, 2.24) is 4.98 Å². The van der Waals surface area contributed by atoms with Gasteiger partial charge in [0.15, 0.2) is 6.20 Å². The molecule has 0 atom stereocenters. The molecule has 0 N–H and O–H groups in total. The van der Waals surface area contributed by atoms with Gasteiger partial charge in [-0.2, -0.15) is 0 Å². The molecule has 2 aromatic carbocycles. The Balaban J connectivity index is 1.70. The van der Waals surface area contributed by atoms with Crippen LogP contribution in [0.15, 0.2) is 66.9 Å². The van der Waals surface area contributed by atoms with Gasteiger partial charge in [0.1, 0.15) is 7.05 Å². The van der Waals surface area contributed by atoms with Crippen LogP contribution in [0.2, 0.25) is 0 Å². The number of pyridine rings is 2. The highest BCUT2D eigenvalue weighted by Gasteiger charge is 2.38. The molecule has 2 aromatic heterocycles. The molecule has 2 heterocycles. The minimum atomic E-state index is -0.0742. The summed E-state index contributed by atoms with van der Waals surface area (Å²) < 4.78 is 2.26. The molecule has 0 saturated heterocycles. The second kappa shape index (κ2) is 6.88. The molecule has 1 aliphatic carbocycles. The molecule has 0 radical (unpaired) electrons. The zero-order chi connectivity index (χ0) is 21.9. The van der Waals surface area contributed by atoms with Crippen LogP contribution in [0.5, 0.6) is 0 Å². The fraction of sp³-hybridized carbons (Fsp3) is 0.241. The molecule has 0 saturated carbocycles. The molecular formula is C29H29N2+. The molecule has 154 valence electrons. The van der Waals surface area contributed by atoms with Crippen molar-refractivity contribution < 1.29 is 4.57 Å². The van der Waals surface area contributed by atoms with E-state index in [4.69, 9.17) is 4.98 Å². The van der Waals surface area contributed by atoms with E-state index in [1.54, 1.807) is 0 Å². The van der Waals surface area contributed by atoms with E-state index in [1.165, 1.54) is 55.9 Å². The number of nitrogens with zero attached hydrogens (tertiary/aromatic N) is 2. The topological polar surface area (TPSA) is 16.8 Å². The first-order valence-electron chi connectivity index (χ1n) is 11.0. The Bertz CT molecular complexity index is 1330. The Kier molecular flexibility index (Phi) is 4.37. The predicted octanol–water partition coefficient (Wildman–Crippen LogP) is 6.47. The number of rotatable bonds is 2. The largest absolute Gasteiger partial charge is 0.257 e. The zero-order valence-electron chi connectivity index (χ0n) is 19.2. The number of fused-ring (bicyclic) bond motifs is 3. The van der Waals surface area contributed by atoms with Crippen LogP contribution in [-0.2, 0) is 12.5 Å². The second-order valence-electron chi connectivity index (χ2n) is 9.42. The standard InChI is InChI=1S/C29H29N2/c1-18-14-26-24(22-13-12-20(3)30-28(22)29(26,4)5)16-23(18)27-15-19(2)25(17-31(27)6)21-10-8-7-9-11-21/h7-17H,1-6H3/q+1. The monoisotopic (exact) mass is 405 g/mol. The van der Waals surface area contributed by atoms with Crippen LogP contribution in [0.3, 0.4) is 0 Å². The molecule has 2 heteroatoms. The summed E-state index contributed by atoms with van der Waals surface area (Å²) in [6, 6.07) is 22.1. The zero-order valence-corrected chi connectivity index (χ0v) is 19.2. The lowest BCUT2D eigenvalue weighted by molar-refractivity contribution is -0.660. The van der Waals surface area contributed by atoms with Gasteiger partial charge in [-0.15, -0.1) is 0 Å². The van der Waals surface area contributed by atoms with Crippen LogP contribution >= 0.6 is 0 Å². The summed E-state index contributed by atoms with van der Waals surface area (Å²) in [4.78, 5) is 4.92. The van der Waals surface area contributed by atoms with Gasteiger partial charge >= 0.3 is 0 Å². The van der Waals surface area contributed by atoms with E-state index < -0.39 is 0 Å². The highest BCUT2D eigenvalue weighted by Crippen LogP contribution is 2.49. The maximum atomic E-state index is 4.92. The van der Waals surface area contributed by atoms with Gasteiger partial charge < -0.3 is 0 Å². The highest BCUT2D eigenvalue weighted by molar-refractivity contribution is 5.84. The van der Waals surface area contributed by atoms with Gasteiger partial charge in [0.25, 0.3) is 0 Å². The number of aromatic nitrogens is 2. The van der Waals surface area contributed by atoms with Crippen LogP contribution in [0, 0.1) is 20.8 Å². The summed E-state index contributed by atoms with van der Waals surface area (Å²) in [5.41, 5.74) is 13.8. The third-order valence-corrected chi connectivity index (χ3v) is 6.80. The van der Waals surface area contributed by atoms with Crippen LogP contribution in [0.1, 0.15) is 41.9 Å². The summed E-state index contributed by atoms with van der Waals surface area (Å²) in [5.74, 6) is 0. The predicted molar refractivity (Wildman–Crippen MR) is 128 cm³/mol. The van der Waals surface area contributed by atoms with Crippen molar-refractivity contribution in [2.75, 3.05) is 0 Å². The van der Waals surface area contributed by atoms with E-state index in [9.17, 15) is 0 Å². The third-order valence-electron chi connectivity index (χ3n) is 6.80. The van der Waals surface area contributed by atoms with Gasteiger partial charge in [-0.3, -0.25) is 4.98 Å². The van der Waals surface area contributed by atoms with E-state index in [2.05, 4.69) is 113 Å². The van der Waals surface area contributed by atoms with Crippen molar-refractivity contribution in [2.45, 2.75) is 40.0 Å². The van der Waals surface area contributed by atoms with Gasteiger partial charge in [-0.05, 0) is 60.7 Å². The summed E-state index contributed by atoms with van der Waals surface area (Å²) in [5, 5.41) is 0. The molecule has 5 rings (SSSR count). The van der Waals surface area contributed by atoms with Gasteiger partial charge in [-0.25, -0.2) is 4.57 Å². The molecule has 0 aliphatic heterocycles. The fourth-order valence-corrected chi connectivity index (χ4v) is 5.04. The van der Waals surface area contributed by atoms with E-state index in [-0.39, 0.29) is 5.41 Å². The lowest BCUT2D eigenvalue weighted by Crippen LogP contribution is -2.31. The van der Waals surface area contributed by atoms with Crippen molar-refractivity contribution in [3.63, 3.8) is 0 Å². The van der Waals surface area contributed by atoms with Gasteiger partial charge in [0, 0.05) is 33.9 Å². The van der Waals surface area contributed by atoms with Crippen molar-refractivity contribution in [3.8, 4) is 33.5 Å². The van der Waals surface area contributed by atoms with Crippen LogP contribution in [0.25, 0.3) is 33.5 Å². The first-order valence-corrected chi connectivity index (χ1v) is 11.0. The molecule has 31 heavy (non-hydrogen) atoms. The van der Waals surface area contributed by atoms with Crippen LogP contribution < -0.4 is 4.57 Å². The summed E-state index contributed by atoms with van der Waals surface area (Å²) in [6.07, 6.45) is 2.26. The lowest BCUT2D eigenvalue weighted by Gasteiger charge is -2.21. The molecule has 1 aliphatic rings. The Morgan fingerprint density at radius 3 is 2.19 bits per heavy atom. The number of aryl methyl sites for hydroxylation is 4. The third kappa shape index (κ3) is 3.01. The Hall–Kier alpha value is -3.26. The van der Waals surface area contributed by atoms with E-state index in [0.29, 0.717) is 0 Å². The minimum Gasteiger partial charge on any atom is -0.257 e. The van der Waals surface area contributed by atoms with E-state index >= 15 is 0 Å². The maximum Gasteiger partial charge on any atom is 0.212 e. The van der Waals surface area contributed by atoms with Gasteiger partial charge in [0.05, 0.1) is 5.69 Å². The molecule has 0 unspecified atom stereocenters. The van der Waals surface area contributed by atoms with Crippen LogP contribution in [-0.4, -0.2) is 4.98 Å². The quantitative estimate of drug-likeness (QED) is 0.349. The normalized spacial score (nSPS) is 13.7. The lowest BCUT2D eigenvalue weighted by atomic mass is 9.83. The first kappa shape index (κ1) is 19.7. The number of hydrogen-bond donors (Lipinski definition) is 0. The Morgan fingerprint density at radius 1 is 0.742 bits per heavy atom. The molecule has 2 nitrogen and oxygen atoms in total. The molecule has 0 bridgehead atoms.